The number of hydrogen-bond acceptors (Lipinski definition) is 2. The first-order valence-corrected chi connectivity index (χ1v) is 6.88. The monoisotopic (exact) mass is 323 g/mol. The third kappa shape index (κ3) is 3.55. The van der Waals surface area contributed by atoms with Gasteiger partial charge in [0.1, 0.15) is 5.75 Å². The summed E-state index contributed by atoms with van der Waals surface area (Å²) in [5.74, 6) is 0.378. The molecule has 0 saturated heterocycles. The number of benzene rings is 2. The summed E-state index contributed by atoms with van der Waals surface area (Å²) in [5.41, 5.74) is 6.96. The van der Waals surface area contributed by atoms with E-state index in [9.17, 15) is 4.39 Å². The van der Waals surface area contributed by atoms with E-state index in [0.29, 0.717) is 5.75 Å². The molecule has 0 aliphatic carbocycles. The first-order chi connectivity index (χ1) is 9.10. The molecule has 0 saturated carbocycles. The highest BCUT2D eigenvalue weighted by Gasteiger charge is 2.08. The molecule has 0 fully saturated rings. The summed E-state index contributed by atoms with van der Waals surface area (Å²) in [4.78, 5) is 0. The quantitative estimate of drug-likeness (QED) is 0.877. The van der Waals surface area contributed by atoms with Crippen molar-refractivity contribution in [2.24, 2.45) is 5.73 Å². The van der Waals surface area contributed by atoms with Gasteiger partial charge in [-0.3, -0.25) is 0 Å². The molecule has 0 radical (unpaired) electrons. The van der Waals surface area contributed by atoms with Gasteiger partial charge in [-0.1, -0.05) is 35.0 Å². The maximum atomic E-state index is 13.6. The molecule has 0 heterocycles. The van der Waals surface area contributed by atoms with Crippen LogP contribution in [0.25, 0.3) is 0 Å². The van der Waals surface area contributed by atoms with Crippen molar-refractivity contribution in [1.82, 2.24) is 0 Å². The highest BCUT2D eigenvalue weighted by Crippen LogP contribution is 2.29. The van der Waals surface area contributed by atoms with Crippen LogP contribution in [0.15, 0.2) is 46.9 Å². The smallest absolute Gasteiger partial charge is 0.165 e. The van der Waals surface area contributed by atoms with Gasteiger partial charge in [-0.25, -0.2) is 4.39 Å². The molecule has 2 rings (SSSR count). The molecule has 2 N–H and O–H groups in total. The summed E-state index contributed by atoms with van der Waals surface area (Å²) in [6.45, 7) is 2.02. The minimum Gasteiger partial charge on any atom is -0.454 e. The molecule has 2 aromatic carbocycles. The van der Waals surface area contributed by atoms with Crippen LogP contribution in [0.2, 0.25) is 0 Å². The van der Waals surface area contributed by atoms with Crippen molar-refractivity contribution in [2.45, 2.75) is 19.4 Å². The third-order valence-electron chi connectivity index (χ3n) is 2.85. The molecule has 0 bridgehead atoms. The first kappa shape index (κ1) is 14.0. The lowest BCUT2D eigenvalue weighted by Crippen LogP contribution is -2.08. The zero-order valence-corrected chi connectivity index (χ0v) is 12.2. The highest BCUT2D eigenvalue weighted by molar-refractivity contribution is 9.10. The van der Waals surface area contributed by atoms with Crippen molar-refractivity contribution in [3.8, 4) is 11.5 Å². The van der Waals surface area contributed by atoms with Crippen molar-refractivity contribution < 1.29 is 9.13 Å². The van der Waals surface area contributed by atoms with Gasteiger partial charge in [0.15, 0.2) is 11.6 Å². The molecule has 100 valence electrons. The van der Waals surface area contributed by atoms with Gasteiger partial charge < -0.3 is 10.5 Å². The molecule has 0 aliphatic rings. The predicted molar refractivity (Wildman–Crippen MR) is 77.8 cm³/mol. The van der Waals surface area contributed by atoms with Gasteiger partial charge in [0, 0.05) is 10.5 Å². The number of ether oxygens (including phenoxy) is 1. The van der Waals surface area contributed by atoms with Crippen LogP contribution in [0.1, 0.15) is 24.9 Å². The number of halogens is 2. The van der Waals surface area contributed by atoms with E-state index < -0.39 is 5.82 Å². The maximum Gasteiger partial charge on any atom is 0.165 e. The Morgan fingerprint density at radius 2 is 2.05 bits per heavy atom. The molecule has 1 unspecified atom stereocenters. The van der Waals surface area contributed by atoms with E-state index in [2.05, 4.69) is 15.9 Å². The molecule has 2 aromatic rings. The van der Waals surface area contributed by atoms with E-state index in [1.54, 1.807) is 18.2 Å². The Labute approximate surface area is 120 Å². The van der Waals surface area contributed by atoms with Crippen LogP contribution in [0.5, 0.6) is 11.5 Å². The third-order valence-corrected chi connectivity index (χ3v) is 3.34. The van der Waals surface area contributed by atoms with Crippen LogP contribution in [0, 0.1) is 5.82 Å². The van der Waals surface area contributed by atoms with Gasteiger partial charge in [0.2, 0.25) is 0 Å². The van der Waals surface area contributed by atoms with Crippen LogP contribution in [-0.2, 0) is 0 Å². The second-order valence-corrected chi connectivity index (χ2v) is 5.18. The predicted octanol–water partition coefficient (Wildman–Crippen LogP) is 4.79. The van der Waals surface area contributed by atoms with E-state index in [4.69, 9.17) is 10.5 Å². The highest BCUT2D eigenvalue weighted by atomic mass is 79.9. The van der Waals surface area contributed by atoms with E-state index in [0.717, 1.165) is 16.5 Å². The van der Waals surface area contributed by atoms with Crippen molar-refractivity contribution in [3.63, 3.8) is 0 Å². The molecule has 2 nitrogen and oxygen atoms in total. The second kappa shape index (κ2) is 6.17. The fourth-order valence-electron chi connectivity index (χ4n) is 1.73. The lowest BCUT2D eigenvalue weighted by atomic mass is 10.1. The Kier molecular flexibility index (Phi) is 4.56. The zero-order valence-electron chi connectivity index (χ0n) is 10.6. The molecule has 1 atom stereocenters. The average Bonchev–Trinajstić information content (AvgIpc) is 2.42. The lowest BCUT2D eigenvalue weighted by Gasteiger charge is -2.12. The molecular weight excluding hydrogens is 309 g/mol. The molecule has 0 spiro atoms. The van der Waals surface area contributed by atoms with Gasteiger partial charge in [-0.15, -0.1) is 0 Å². The Bertz CT molecular complexity index is 574. The van der Waals surface area contributed by atoms with Crippen molar-refractivity contribution in [1.29, 1.82) is 0 Å². The maximum absolute atomic E-state index is 13.6. The van der Waals surface area contributed by atoms with E-state index >= 15 is 0 Å². The number of rotatable bonds is 4. The summed E-state index contributed by atoms with van der Waals surface area (Å²) in [7, 11) is 0. The fourth-order valence-corrected chi connectivity index (χ4v) is 2.07. The number of nitrogens with two attached hydrogens (primary N) is 1. The summed E-state index contributed by atoms with van der Waals surface area (Å²) in [6, 6.07) is 12.0. The molecule has 0 aromatic heterocycles. The van der Waals surface area contributed by atoms with Crippen LogP contribution in [-0.4, -0.2) is 0 Å². The van der Waals surface area contributed by atoms with Crippen molar-refractivity contribution >= 4 is 15.9 Å². The topological polar surface area (TPSA) is 35.2 Å². The Morgan fingerprint density at radius 3 is 2.79 bits per heavy atom. The molecule has 0 aliphatic heterocycles. The minimum atomic E-state index is -0.395. The molecular formula is C15H15BrFNO. The van der Waals surface area contributed by atoms with Gasteiger partial charge in [-0.2, -0.15) is 0 Å². The van der Waals surface area contributed by atoms with E-state index in [1.165, 1.54) is 6.07 Å². The van der Waals surface area contributed by atoms with Gasteiger partial charge in [0.05, 0.1) is 0 Å². The summed E-state index contributed by atoms with van der Waals surface area (Å²) in [5, 5.41) is 0. The summed E-state index contributed by atoms with van der Waals surface area (Å²) >= 11 is 3.29. The standard InChI is InChI=1S/C15H15BrFNO/c1-2-14(18)10-4-3-5-12(8-10)19-15-9-11(16)6-7-13(15)17/h3-9,14H,2,18H2,1H3. The summed E-state index contributed by atoms with van der Waals surface area (Å²) in [6.07, 6.45) is 0.842. The fraction of sp³-hybridized carbons (Fsp3) is 0.200. The summed E-state index contributed by atoms with van der Waals surface area (Å²) < 4.78 is 19.9. The SMILES string of the molecule is CCC(N)c1cccc(Oc2cc(Br)ccc2F)c1. The molecule has 0 amide bonds. The zero-order chi connectivity index (χ0) is 13.8. The molecule has 19 heavy (non-hydrogen) atoms. The number of hydrogen-bond donors (Lipinski definition) is 1. The second-order valence-electron chi connectivity index (χ2n) is 4.26. The largest absolute Gasteiger partial charge is 0.454 e. The van der Waals surface area contributed by atoms with E-state index in [1.807, 2.05) is 25.1 Å². The Morgan fingerprint density at radius 1 is 1.26 bits per heavy atom. The van der Waals surface area contributed by atoms with E-state index in [-0.39, 0.29) is 11.8 Å². The lowest BCUT2D eigenvalue weighted by molar-refractivity contribution is 0.441. The van der Waals surface area contributed by atoms with Crippen molar-refractivity contribution in [3.05, 3.63) is 58.3 Å². The molecule has 4 heteroatoms. The van der Waals surface area contributed by atoms with Gasteiger partial charge in [-0.05, 0) is 42.3 Å². The van der Waals surface area contributed by atoms with Crippen LogP contribution in [0.4, 0.5) is 4.39 Å². The van der Waals surface area contributed by atoms with Crippen LogP contribution < -0.4 is 10.5 Å². The normalized spacial score (nSPS) is 12.2. The average molecular weight is 324 g/mol. The van der Waals surface area contributed by atoms with Crippen LogP contribution in [0.3, 0.4) is 0 Å². The Hall–Kier alpha value is -1.39. The van der Waals surface area contributed by atoms with Gasteiger partial charge in [0.25, 0.3) is 0 Å². The van der Waals surface area contributed by atoms with Crippen LogP contribution >= 0.6 is 15.9 Å². The van der Waals surface area contributed by atoms with Crippen molar-refractivity contribution in [2.75, 3.05) is 0 Å². The first-order valence-electron chi connectivity index (χ1n) is 6.08. The van der Waals surface area contributed by atoms with Gasteiger partial charge >= 0.3 is 0 Å². The Balaban J connectivity index is 2.26. The minimum absolute atomic E-state index is 0.0316.